The van der Waals surface area contributed by atoms with Crippen LogP contribution in [-0.4, -0.2) is 35.0 Å². The Morgan fingerprint density at radius 1 is 1.19 bits per heavy atom. The Morgan fingerprint density at radius 3 is 2.29 bits per heavy atom. The van der Waals surface area contributed by atoms with Crippen LogP contribution in [0.25, 0.3) is 0 Å². The van der Waals surface area contributed by atoms with Gasteiger partial charge in [-0.05, 0) is 24.7 Å². The molecular formula is C17H27NO3. The smallest absolute Gasteiger partial charge is 0.307 e. The number of nitrogens with zero attached hydrogens (tertiary/aromatic N) is 1. The molecule has 0 aromatic rings. The van der Waals surface area contributed by atoms with E-state index in [0.29, 0.717) is 13.0 Å². The Morgan fingerprint density at radius 2 is 1.81 bits per heavy atom. The van der Waals surface area contributed by atoms with Crippen LogP contribution in [0.5, 0.6) is 0 Å². The molecule has 0 spiro atoms. The molecule has 1 aliphatic carbocycles. The Bertz CT molecular complexity index is 447. The van der Waals surface area contributed by atoms with Crippen molar-refractivity contribution in [2.45, 2.75) is 52.9 Å². The quantitative estimate of drug-likeness (QED) is 0.796. The summed E-state index contributed by atoms with van der Waals surface area (Å²) in [5.41, 5.74) is 1.55. The van der Waals surface area contributed by atoms with Gasteiger partial charge < -0.3 is 10.0 Å². The lowest BCUT2D eigenvalue weighted by Crippen LogP contribution is -2.44. The first kappa shape index (κ1) is 16.1. The number of carboxylic acids is 1. The molecule has 0 saturated heterocycles. The fraction of sp³-hybridized carbons (Fsp3) is 0.765. The number of carboxylic acid groups (broad SMARTS) is 1. The molecule has 2 rings (SSSR count). The van der Waals surface area contributed by atoms with Gasteiger partial charge in [0.1, 0.15) is 0 Å². The Hall–Kier alpha value is -1.32. The van der Waals surface area contributed by atoms with Gasteiger partial charge in [0, 0.05) is 13.1 Å². The average Bonchev–Trinajstić information content (AvgIpc) is 2.45. The third kappa shape index (κ3) is 3.66. The van der Waals surface area contributed by atoms with Crippen molar-refractivity contribution in [2.24, 2.45) is 17.3 Å². The van der Waals surface area contributed by atoms with Crippen LogP contribution in [0, 0.1) is 17.3 Å². The van der Waals surface area contributed by atoms with Crippen LogP contribution in [0.2, 0.25) is 0 Å². The molecule has 1 amide bonds. The molecule has 2 unspecified atom stereocenters. The van der Waals surface area contributed by atoms with Gasteiger partial charge in [-0.3, -0.25) is 9.59 Å². The van der Waals surface area contributed by atoms with Crippen LogP contribution in [0.1, 0.15) is 52.9 Å². The summed E-state index contributed by atoms with van der Waals surface area (Å²) in [6.07, 6.45) is 6.32. The van der Waals surface area contributed by atoms with Gasteiger partial charge in [-0.2, -0.15) is 0 Å². The number of carbonyl (C=O) groups is 2. The predicted octanol–water partition coefficient (Wildman–Crippen LogP) is 3.08. The van der Waals surface area contributed by atoms with E-state index in [1.54, 1.807) is 0 Å². The van der Waals surface area contributed by atoms with Crippen LogP contribution in [-0.2, 0) is 9.59 Å². The van der Waals surface area contributed by atoms with E-state index in [0.717, 1.165) is 32.2 Å². The van der Waals surface area contributed by atoms with Crippen molar-refractivity contribution < 1.29 is 14.7 Å². The molecule has 1 heterocycles. The highest BCUT2D eigenvalue weighted by molar-refractivity contribution is 5.85. The lowest BCUT2D eigenvalue weighted by molar-refractivity contribution is -0.152. The Kier molecular flexibility index (Phi) is 4.74. The summed E-state index contributed by atoms with van der Waals surface area (Å²) in [6.45, 7) is 7.94. The predicted molar refractivity (Wildman–Crippen MR) is 81.8 cm³/mol. The molecule has 1 N–H and O–H groups in total. The molecule has 118 valence electrons. The lowest BCUT2D eigenvalue weighted by atomic mass is 9.78. The first-order chi connectivity index (χ1) is 9.80. The summed E-state index contributed by atoms with van der Waals surface area (Å²) in [5.74, 6) is -1.57. The highest BCUT2D eigenvalue weighted by Gasteiger charge is 2.38. The second kappa shape index (κ2) is 6.20. The van der Waals surface area contributed by atoms with E-state index in [1.165, 1.54) is 5.57 Å². The van der Waals surface area contributed by atoms with Crippen molar-refractivity contribution in [1.29, 1.82) is 0 Å². The van der Waals surface area contributed by atoms with E-state index in [9.17, 15) is 14.7 Å². The molecule has 0 aromatic carbocycles. The zero-order valence-electron chi connectivity index (χ0n) is 13.4. The van der Waals surface area contributed by atoms with Gasteiger partial charge in [-0.1, -0.05) is 45.3 Å². The van der Waals surface area contributed by atoms with Crippen molar-refractivity contribution in [3.63, 3.8) is 0 Å². The molecule has 0 aromatic heterocycles. The minimum Gasteiger partial charge on any atom is -0.481 e. The van der Waals surface area contributed by atoms with Gasteiger partial charge in [0.2, 0.25) is 5.91 Å². The van der Waals surface area contributed by atoms with Crippen LogP contribution in [0.4, 0.5) is 0 Å². The third-order valence-corrected chi connectivity index (χ3v) is 4.88. The van der Waals surface area contributed by atoms with Crippen LogP contribution in [0.15, 0.2) is 11.6 Å². The van der Waals surface area contributed by atoms with Crippen LogP contribution >= 0.6 is 0 Å². The Balaban J connectivity index is 2.04. The van der Waals surface area contributed by atoms with Gasteiger partial charge in [-0.15, -0.1) is 0 Å². The summed E-state index contributed by atoms with van der Waals surface area (Å²) in [7, 11) is 0. The average molecular weight is 293 g/mol. The molecule has 0 bridgehead atoms. The Labute approximate surface area is 127 Å². The summed E-state index contributed by atoms with van der Waals surface area (Å²) in [5, 5.41) is 9.32. The molecule has 1 fully saturated rings. The normalized spacial score (nSPS) is 27.2. The largest absolute Gasteiger partial charge is 0.481 e. The maximum Gasteiger partial charge on any atom is 0.307 e. The maximum absolute atomic E-state index is 12.7. The van der Waals surface area contributed by atoms with Crippen molar-refractivity contribution >= 4 is 11.9 Å². The van der Waals surface area contributed by atoms with Crippen molar-refractivity contribution in [2.75, 3.05) is 13.1 Å². The third-order valence-electron chi connectivity index (χ3n) is 4.88. The lowest BCUT2D eigenvalue weighted by Gasteiger charge is -2.36. The van der Waals surface area contributed by atoms with E-state index in [2.05, 4.69) is 26.8 Å². The standard InChI is InChI=1S/C17H27NO3/c1-17(2,3)12-8-10-18(11-9-12)15(19)13-6-4-5-7-14(13)16(20)21/h8,13-14H,4-7,9-11H2,1-3H3,(H,20,21). The summed E-state index contributed by atoms with van der Waals surface area (Å²) >= 11 is 0. The molecule has 1 aliphatic heterocycles. The number of carbonyl (C=O) groups excluding carboxylic acids is 1. The van der Waals surface area contributed by atoms with Crippen molar-refractivity contribution in [1.82, 2.24) is 4.90 Å². The molecule has 4 nitrogen and oxygen atoms in total. The molecule has 1 saturated carbocycles. The monoisotopic (exact) mass is 293 g/mol. The minimum absolute atomic E-state index is 0.0475. The van der Waals surface area contributed by atoms with Crippen LogP contribution < -0.4 is 0 Å². The second-order valence-electron chi connectivity index (χ2n) is 7.35. The van der Waals surface area contributed by atoms with Gasteiger partial charge in [0.15, 0.2) is 0 Å². The number of amides is 1. The highest BCUT2D eigenvalue weighted by Crippen LogP contribution is 2.34. The molecule has 2 aliphatic rings. The molecule has 2 atom stereocenters. The first-order valence-electron chi connectivity index (χ1n) is 8.02. The van der Waals surface area contributed by atoms with Gasteiger partial charge in [0.05, 0.1) is 11.8 Å². The number of aliphatic carboxylic acids is 1. The topological polar surface area (TPSA) is 57.6 Å². The molecular weight excluding hydrogens is 266 g/mol. The summed E-state index contributed by atoms with van der Waals surface area (Å²) in [4.78, 5) is 25.9. The first-order valence-corrected chi connectivity index (χ1v) is 8.02. The fourth-order valence-corrected chi connectivity index (χ4v) is 3.51. The zero-order valence-corrected chi connectivity index (χ0v) is 13.4. The summed E-state index contributed by atoms with van der Waals surface area (Å²) in [6, 6.07) is 0. The maximum atomic E-state index is 12.7. The van der Waals surface area contributed by atoms with E-state index < -0.39 is 11.9 Å². The van der Waals surface area contributed by atoms with E-state index in [1.807, 2.05) is 4.90 Å². The van der Waals surface area contributed by atoms with E-state index >= 15 is 0 Å². The fourth-order valence-electron chi connectivity index (χ4n) is 3.51. The molecule has 21 heavy (non-hydrogen) atoms. The van der Waals surface area contributed by atoms with E-state index in [4.69, 9.17) is 0 Å². The molecule has 0 radical (unpaired) electrons. The van der Waals surface area contributed by atoms with Crippen LogP contribution in [0.3, 0.4) is 0 Å². The zero-order chi connectivity index (χ0) is 15.6. The highest BCUT2D eigenvalue weighted by atomic mass is 16.4. The van der Waals surface area contributed by atoms with Crippen molar-refractivity contribution in [3.05, 3.63) is 11.6 Å². The molecule has 4 heteroatoms. The van der Waals surface area contributed by atoms with Gasteiger partial charge in [0.25, 0.3) is 0 Å². The SMILES string of the molecule is CC(C)(C)C1=CCN(C(=O)C2CCCCC2C(=O)O)CC1. The number of hydrogen-bond donors (Lipinski definition) is 1. The minimum atomic E-state index is -0.809. The van der Waals surface area contributed by atoms with Crippen molar-refractivity contribution in [3.8, 4) is 0 Å². The van der Waals surface area contributed by atoms with E-state index in [-0.39, 0.29) is 17.2 Å². The number of rotatable bonds is 2. The van der Waals surface area contributed by atoms with Gasteiger partial charge in [-0.25, -0.2) is 0 Å². The number of hydrogen-bond acceptors (Lipinski definition) is 2. The van der Waals surface area contributed by atoms with Gasteiger partial charge >= 0.3 is 5.97 Å². The second-order valence-corrected chi connectivity index (χ2v) is 7.35. The summed E-state index contributed by atoms with van der Waals surface area (Å²) < 4.78 is 0.